The monoisotopic (exact) mass is 533 g/mol. The van der Waals surface area contributed by atoms with E-state index in [1.807, 2.05) is 55.5 Å². The Balaban J connectivity index is 1.64. The second kappa shape index (κ2) is 13.5. The van der Waals surface area contributed by atoms with Crippen LogP contribution in [0.4, 0.5) is 0 Å². The van der Waals surface area contributed by atoms with Gasteiger partial charge < -0.3 is 14.2 Å². The van der Waals surface area contributed by atoms with Crippen molar-refractivity contribution in [3.8, 4) is 11.5 Å². The Morgan fingerprint density at radius 1 is 1.11 bits per heavy atom. The van der Waals surface area contributed by atoms with Crippen LogP contribution in [0.1, 0.15) is 43.7 Å². The second-order valence-electron chi connectivity index (χ2n) is 7.74. The zero-order valence-corrected chi connectivity index (χ0v) is 22.1. The molecule has 1 heterocycles. The largest absolute Gasteiger partial charge is 0.490 e. The number of thioether (sulfide) groups is 1. The molecule has 35 heavy (non-hydrogen) atoms. The first-order valence-corrected chi connectivity index (χ1v) is 13.0. The van der Waals surface area contributed by atoms with Crippen molar-refractivity contribution in [2.24, 2.45) is 0 Å². The number of carbonyl (C=O) groups excluding carboxylic acids is 2. The SMILES string of the molecule is CCOc1cc(/C=C2\SC(=S)N(CCCCCC(=O)OC)C2=O)ccc1OCc1ccccc1Cl. The van der Waals surface area contributed by atoms with Gasteiger partial charge >= 0.3 is 5.97 Å². The Bertz CT molecular complexity index is 1100. The highest BCUT2D eigenvalue weighted by Gasteiger charge is 2.31. The predicted molar refractivity (Wildman–Crippen MR) is 144 cm³/mol. The van der Waals surface area contributed by atoms with E-state index in [1.54, 1.807) is 4.90 Å². The molecule has 1 aliphatic heterocycles. The summed E-state index contributed by atoms with van der Waals surface area (Å²) in [6.45, 7) is 3.23. The highest BCUT2D eigenvalue weighted by atomic mass is 35.5. The summed E-state index contributed by atoms with van der Waals surface area (Å²) in [5, 5.41) is 0.646. The summed E-state index contributed by atoms with van der Waals surface area (Å²) in [4.78, 5) is 26.3. The van der Waals surface area contributed by atoms with Crippen molar-refractivity contribution < 1.29 is 23.8 Å². The molecule has 1 fully saturated rings. The molecule has 2 aromatic rings. The number of halogens is 1. The van der Waals surface area contributed by atoms with Crippen molar-refractivity contribution >= 4 is 57.9 Å². The number of esters is 1. The van der Waals surface area contributed by atoms with Crippen LogP contribution in [0.15, 0.2) is 47.4 Å². The smallest absolute Gasteiger partial charge is 0.305 e. The lowest BCUT2D eigenvalue weighted by Crippen LogP contribution is -2.29. The van der Waals surface area contributed by atoms with Crippen molar-refractivity contribution in [2.45, 2.75) is 39.2 Å². The average Bonchev–Trinajstić information content (AvgIpc) is 3.11. The highest BCUT2D eigenvalue weighted by molar-refractivity contribution is 8.26. The predicted octanol–water partition coefficient (Wildman–Crippen LogP) is 6.25. The van der Waals surface area contributed by atoms with Gasteiger partial charge in [-0.2, -0.15) is 0 Å². The summed E-state index contributed by atoms with van der Waals surface area (Å²) in [6, 6.07) is 13.1. The van der Waals surface area contributed by atoms with E-state index in [2.05, 4.69) is 4.74 Å². The molecular formula is C26H28ClNO5S2. The van der Waals surface area contributed by atoms with E-state index in [9.17, 15) is 9.59 Å². The minimum Gasteiger partial charge on any atom is -0.490 e. The molecular weight excluding hydrogens is 506 g/mol. The van der Waals surface area contributed by atoms with Gasteiger partial charge in [-0.05, 0) is 49.6 Å². The summed E-state index contributed by atoms with van der Waals surface area (Å²) < 4.78 is 16.9. The van der Waals surface area contributed by atoms with Crippen LogP contribution in [0.2, 0.25) is 5.02 Å². The third-order valence-corrected chi connectivity index (χ3v) is 7.02. The minimum atomic E-state index is -0.217. The van der Waals surface area contributed by atoms with E-state index in [0.717, 1.165) is 30.4 Å². The molecule has 0 unspecified atom stereocenters. The molecule has 1 aliphatic rings. The van der Waals surface area contributed by atoms with Gasteiger partial charge in [0.25, 0.3) is 5.91 Å². The summed E-state index contributed by atoms with van der Waals surface area (Å²) in [7, 11) is 1.38. The first kappa shape index (κ1) is 27.0. The number of carbonyl (C=O) groups is 2. The number of amides is 1. The van der Waals surface area contributed by atoms with E-state index >= 15 is 0 Å². The minimum absolute atomic E-state index is 0.107. The number of rotatable bonds is 12. The Labute approximate surface area is 220 Å². The number of nitrogens with zero attached hydrogens (tertiary/aromatic N) is 1. The van der Waals surface area contributed by atoms with Crippen LogP contribution in [0.5, 0.6) is 11.5 Å². The normalized spacial score (nSPS) is 14.5. The molecule has 0 spiro atoms. The Hall–Kier alpha value is -2.55. The third-order valence-electron chi connectivity index (χ3n) is 5.27. The summed E-state index contributed by atoms with van der Waals surface area (Å²) in [5.74, 6) is 0.869. The Kier molecular flexibility index (Phi) is 10.4. The van der Waals surface area contributed by atoms with Crippen LogP contribution in [0.3, 0.4) is 0 Å². The van der Waals surface area contributed by atoms with E-state index < -0.39 is 0 Å². The van der Waals surface area contributed by atoms with Crippen LogP contribution in [-0.4, -0.2) is 41.4 Å². The maximum atomic E-state index is 12.9. The van der Waals surface area contributed by atoms with E-state index in [4.69, 9.17) is 33.3 Å². The molecule has 186 valence electrons. The van der Waals surface area contributed by atoms with E-state index in [-0.39, 0.29) is 11.9 Å². The molecule has 1 saturated heterocycles. The Morgan fingerprint density at radius 3 is 2.66 bits per heavy atom. The van der Waals surface area contributed by atoms with Gasteiger partial charge in [0.05, 0.1) is 18.6 Å². The highest BCUT2D eigenvalue weighted by Crippen LogP contribution is 2.35. The van der Waals surface area contributed by atoms with Crippen LogP contribution < -0.4 is 9.47 Å². The van der Waals surface area contributed by atoms with Gasteiger partial charge in [0.2, 0.25) is 0 Å². The molecule has 0 bridgehead atoms. The number of unbranched alkanes of at least 4 members (excludes halogenated alkanes) is 2. The van der Waals surface area contributed by atoms with Crippen molar-refractivity contribution in [1.82, 2.24) is 4.90 Å². The first-order valence-electron chi connectivity index (χ1n) is 11.4. The third kappa shape index (κ3) is 7.72. The molecule has 1 amide bonds. The maximum Gasteiger partial charge on any atom is 0.305 e. The van der Waals surface area contributed by atoms with Gasteiger partial charge in [-0.3, -0.25) is 14.5 Å². The van der Waals surface area contributed by atoms with Crippen molar-refractivity contribution in [2.75, 3.05) is 20.3 Å². The van der Waals surface area contributed by atoms with Gasteiger partial charge in [0.1, 0.15) is 10.9 Å². The van der Waals surface area contributed by atoms with E-state index in [1.165, 1.54) is 18.9 Å². The van der Waals surface area contributed by atoms with Gasteiger partial charge in [0.15, 0.2) is 11.5 Å². The molecule has 0 atom stereocenters. The molecule has 0 saturated carbocycles. The number of benzene rings is 2. The molecule has 3 rings (SSSR count). The maximum absolute atomic E-state index is 12.9. The number of thiocarbonyl (C=S) groups is 1. The quantitative estimate of drug-likeness (QED) is 0.138. The summed E-state index contributed by atoms with van der Waals surface area (Å²) >= 11 is 12.9. The Morgan fingerprint density at radius 2 is 1.91 bits per heavy atom. The molecule has 6 nitrogen and oxygen atoms in total. The first-order chi connectivity index (χ1) is 16.9. The fraction of sp³-hybridized carbons (Fsp3) is 0.346. The number of hydrogen-bond acceptors (Lipinski definition) is 7. The van der Waals surface area contributed by atoms with Gasteiger partial charge in [-0.1, -0.05) is 66.3 Å². The van der Waals surface area contributed by atoms with Crippen LogP contribution in [-0.2, 0) is 20.9 Å². The molecule has 0 aliphatic carbocycles. The number of methoxy groups -OCH3 is 1. The molecule has 2 aromatic carbocycles. The van der Waals surface area contributed by atoms with Crippen molar-refractivity contribution in [3.05, 3.63) is 63.5 Å². The van der Waals surface area contributed by atoms with Gasteiger partial charge in [-0.25, -0.2) is 0 Å². The van der Waals surface area contributed by atoms with Gasteiger partial charge in [0, 0.05) is 23.6 Å². The zero-order valence-electron chi connectivity index (χ0n) is 19.8. The lowest BCUT2D eigenvalue weighted by molar-refractivity contribution is -0.140. The van der Waals surface area contributed by atoms with Crippen LogP contribution >= 0.6 is 35.6 Å². The fourth-order valence-corrected chi connectivity index (χ4v) is 4.93. The molecule has 0 radical (unpaired) electrons. The topological polar surface area (TPSA) is 65.1 Å². The molecule has 9 heteroatoms. The molecule has 0 N–H and O–H groups in total. The zero-order chi connectivity index (χ0) is 25.2. The van der Waals surface area contributed by atoms with E-state index in [0.29, 0.717) is 51.9 Å². The summed E-state index contributed by atoms with van der Waals surface area (Å²) in [5.41, 5.74) is 1.70. The van der Waals surface area contributed by atoms with Crippen LogP contribution in [0.25, 0.3) is 6.08 Å². The second-order valence-corrected chi connectivity index (χ2v) is 9.82. The number of ether oxygens (including phenoxy) is 3. The number of hydrogen-bond donors (Lipinski definition) is 0. The fourth-order valence-electron chi connectivity index (χ4n) is 3.44. The van der Waals surface area contributed by atoms with Crippen molar-refractivity contribution in [1.29, 1.82) is 0 Å². The van der Waals surface area contributed by atoms with Crippen LogP contribution in [0, 0.1) is 0 Å². The lowest BCUT2D eigenvalue weighted by atomic mass is 10.1. The average molecular weight is 534 g/mol. The summed E-state index contributed by atoms with van der Waals surface area (Å²) in [6.07, 6.45) is 4.51. The lowest BCUT2D eigenvalue weighted by Gasteiger charge is -2.14. The standard InChI is InChI=1S/C26H28ClNO5S2/c1-3-32-22-15-18(12-13-21(22)33-17-19-9-6-7-10-20(19)27)16-23-25(30)28(26(34)35-23)14-8-4-5-11-24(29)31-2/h6-7,9-10,12-13,15-16H,3-5,8,11,14,17H2,1-2H3/b23-16-. The van der Waals surface area contributed by atoms with Crippen molar-refractivity contribution in [3.63, 3.8) is 0 Å². The van der Waals surface area contributed by atoms with Gasteiger partial charge in [-0.15, -0.1) is 0 Å². The molecule has 0 aromatic heterocycles.